The van der Waals surface area contributed by atoms with Crippen LogP contribution in [-0.2, 0) is 11.3 Å². The maximum absolute atomic E-state index is 12.1. The highest BCUT2D eigenvalue weighted by Crippen LogP contribution is 2.15. The van der Waals surface area contributed by atoms with E-state index in [2.05, 4.69) is 17.4 Å². The molecule has 126 valence electrons. The number of hydrogen-bond donors (Lipinski definition) is 1. The van der Waals surface area contributed by atoms with Crippen LogP contribution in [0.15, 0.2) is 29.2 Å². The molecule has 0 atom stereocenters. The summed E-state index contributed by atoms with van der Waals surface area (Å²) in [5.41, 5.74) is 1.09. The number of carbonyl (C=O) groups is 2. The fourth-order valence-electron chi connectivity index (χ4n) is 2.61. The van der Waals surface area contributed by atoms with Crippen molar-refractivity contribution in [3.05, 3.63) is 29.8 Å². The molecule has 0 unspecified atom stereocenters. The number of carbonyl (C=O) groups excluding carboxylic acids is 2. The van der Waals surface area contributed by atoms with Gasteiger partial charge >= 0.3 is 6.03 Å². The van der Waals surface area contributed by atoms with Crippen LogP contribution in [0.2, 0.25) is 0 Å². The van der Waals surface area contributed by atoms with Crippen LogP contribution in [0.1, 0.15) is 24.8 Å². The lowest BCUT2D eigenvalue weighted by molar-refractivity contribution is -0.129. The first-order chi connectivity index (χ1) is 11.1. The Balaban J connectivity index is 1.70. The van der Waals surface area contributed by atoms with Crippen molar-refractivity contribution in [3.8, 4) is 0 Å². The van der Waals surface area contributed by atoms with E-state index in [0.717, 1.165) is 31.5 Å². The van der Waals surface area contributed by atoms with Gasteiger partial charge in [-0.1, -0.05) is 12.1 Å². The Bertz CT molecular complexity index is 527. The van der Waals surface area contributed by atoms with Crippen LogP contribution in [0.3, 0.4) is 0 Å². The minimum absolute atomic E-state index is 0.137. The number of likely N-dealkylation sites (tertiary alicyclic amines) is 1. The van der Waals surface area contributed by atoms with Gasteiger partial charge in [-0.05, 0) is 36.8 Å². The predicted octanol–water partition coefficient (Wildman–Crippen LogP) is 2.56. The molecule has 0 aliphatic carbocycles. The molecular formula is C17H25N3O2S. The van der Waals surface area contributed by atoms with Crippen molar-refractivity contribution in [3.63, 3.8) is 0 Å². The average molecular weight is 335 g/mol. The van der Waals surface area contributed by atoms with Crippen molar-refractivity contribution in [1.29, 1.82) is 0 Å². The molecule has 5 nitrogen and oxygen atoms in total. The van der Waals surface area contributed by atoms with Gasteiger partial charge in [0, 0.05) is 44.5 Å². The zero-order chi connectivity index (χ0) is 16.7. The molecule has 23 heavy (non-hydrogen) atoms. The lowest BCUT2D eigenvalue weighted by Crippen LogP contribution is -2.39. The van der Waals surface area contributed by atoms with Gasteiger partial charge in [0.25, 0.3) is 0 Å². The van der Waals surface area contributed by atoms with Gasteiger partial charge in [-0.25, -0.2) is 4.79 Å². The summed E-state index contributed by atoms with van der Waals surface area (Å²) in [4.78, 5) is 28.7. The van der Waals surface area contributed by atoms with E-state index in [4.69, 9.17) is 0 Å². The van der Waals surface area contributed by atoms with Crippen molar-refractivity contribution in [2.75, 3.05) is 32.9 Å². The van der Waals surface area contributed by atoms with Crippen LogP contribution in [0.4, 0.5) is 4.79 Å². The Morgan fingerprint density at radius 1 is 1.22 bits per heavy atom. The summed E-state index contributed by atoms with van der Waals surface area (Å²) in [6.07, 6.45) is 4.60. The molecule has 1 aromatic carbocycles. The van der Waals surface area contributed by atoms with E-state index in [1.807, 2.05) is 23.3 Å². The van der Waals surface area contributed by atoms with E-state index in [9.17, 15) is 9.59 Å². The number of urea groups is 1. The van der Waals surface area contributed by atoms with Crippen molar-refractivity contribution >= 4 is 23.7 Å². The molecule has 1 saturated heterocycles. The van der Waals surface area contributed by atoms with Gasteiger partial charge in [0.05, 0.1) is 0 Å². The number of hydrogen-bond acceptors (Lipinski definition) is 3. The smallest absolute Gasteiger partial charge is 0.317 e. The first kappa shape index (κ1) is 17.7. The van der Waals surface area contributed by atoms with Gasteiger partial charge in [-0.2, -0.15) is 0 Å². The van der Waals surface area contributed by atoms with Crippen LogP contribution in [0.25, 0.3) is 0 Å². The number of amides is 3. The van der Waals surface area contributed by atoms with E-state index in [1.54, 1.807) is 23.7 Å². The summed E-state index contributed by atoms with van der Waals surface area (Å²) < 4.78 is 0. The second-order valence-corrected chi connectivity index (χ2v) is 6.65. The van der Waals surface area contributed by atoms with E-state index in [-0.39, 0.29) is 11.9 Å². The topological polar surface area (TPSA) is 52.7 Å². The van der Waals surface area contributed by atoms with Crippen molar-refractivity contribution < 1.29 is 9.59 Å². The Labute approximate surface area is 142 Å². The van der Waals surface area contributed by atoms with Crippen LogP contribution in [0, 0.1) is 0 Å². The number of thioether (sulfide) groups is 1. The van der Waals surface area contributed by atoms with Gasteiger partial charge in [-0.3, -0.25) is 4.79 Å². The van der Waals surface area contributed by atoms with E-state index < -0.39 is 0 Å². The highest BCUT2D eigenvalue weighted by atomic mass is 32.2. The van der Waals surface area contributed by atoms with Gasteiger partial charge in [-0.15, -0.1) is 11.8 Å². The standard InChI is InChI=1S/C17H25N3O2S/c1-19(13-14-5-7-15(23-2)8-6-14)17(22)18-10-9-16(21)20-11-3-4-12-20/h5-8H,3-4,9-13H2,1-2H3,(H,18,22). The number of nitrogens with zero attached hydrogens (tertiary/aromatic N) is 2. The van der Waals surface area contributed by atoms with E-state index in [1.165, 1.54) is 4.90 Å². The van der Waals surface area contributed by atoms with Gasteiger partial charge in [0.15, 0.2) is 0 Å². The summed E-state index contributed by atoms with van der Waals surface area (Å²) in [5, 5.41) is 2.81. The third-order valence-electron chi connectivity index (χ3n) is 4.00. The molecule has 0 spiro atoms. The molecule has 1 aliphatic rings. The molecule has 1 heterocycles. The fourth-order valence-corrected chi connectivity index (χ4v) is 3.02. The number of benzene rings is 1. The summed E-state index contributed by atoms with van der Waals surface area (Å²) in [6, 6.07) is 8.04. The van der Waals surface area contributed by atoms with Crippen LogP contribution >= 0.6 is 11.8 Å². The first-order valence-electron chi connectivity index (χ1n) is 8.00. The highest BCUT2D eigenvalue weighted by molar-refractivity contribution is 7.98. The minimum atomic E-state index is -0.145. The average Bonchev–Trinajstić information content (AvgIpc) is 3.10. The highest BCUT2D eigenvalue weighted by Gasteiger charge is 2.17. The first-order valence-corrected chi connectivity index (χ1v) is 9.22. The molecule has 1 aliphatic heterocycles. The Hall–Kier alpha value is -1.69. The summed E-state index contributed by atoms with van der Waals surface area (Å²) in [5.74, 6) is 0.137. The second-order valence-electron chi connectivity index (χ2n) is 5.77. The minimum Gasteiger partial charge on any atom is -0.343 e. The molecule has 0 saturated carbocycles. The molecule has 6 heteroatoms. The van der Waals surface area contributed by atoms with Gasteiger partial charge in [0.1, 0.15) is 0 Å². The molecule has 0 aromatic heterocycles. The van der Waals surface area contributed by atoms with Gasteiger partial charge < -0.3 is 15.1 Å². The Kier molecular flexibility index (Phi) is 6.77. The predicted molar refractivity (Wildman–Crippen MR) is 93.5 cm³/mol. The van der Waals surface area contributed by atoms with Crippen molar-refractivity contribution in [2.45, 2.75) is 30.7 Å². The summed E-state index contributed by atoms with van der Waals surface area (Å²) in [7, 11) is 1.76. The second kappa shape index (κ2) is 8.82. The zero-order valence-electron chi connectivity index (χ0n) is 13.9. The van der Waals surface area contributed by atoms with Crippen LogP contribution in [-0.4, -0.2) is 54.7 Å². The molecule has 0 radical (unpaired) electrons. The van der Waals surface area contributed by atoms with Gasteiger partial charge in [0.2, 0.25) is 5.91 Å². The monoisotopic (exact) mass is 335 g/mol. The lowest BCUT2D eigenvalue weighted by atomic mass is 10.2. The molecule has 1 N–H and O–H groups in total. The number of nitrogens with one attached hydrogen (secondary N) is 1. The molecule has 2 rings (SSSR count). The van der Waals surface area contributed by atoms with Crippen LogP contribution < -0.4 is 5.32 Å². The zero-order valence-corrected chi connectivity index (χ0v) is 14.7. The molecule has 0 bridgehead atoms. The SMILES string of the molecule is CSc1ccc(CN(C)C(=O)NCCC(=O)N2CCCC2)cc1. The maximum Gasteiger partial charge on any atom is 0.317 e. The Morgan fingerprint density at radius 3 is 2.48 bits per heavy atom. The van der Waals surface area contributed by atoms with Crippen molar-refractivity contribution in [1.82, 2.24) is 15.1 Å². The maximum atomic E-state index is 12.1. The Morgan fingerprint density at radius 2 is 1.87 bits per heavy atom. The summed E-state index contributed by atoms with van der Waals surface area (Å²) >= 11 is 1.70. The van der Waals surface area contributed by atoms with Crippen LogP contribution in [0.5, 0.6) is 0 Å². The fraction of sp³-hybridized carbons (Fsp3) is 0.529. The molecular weight excluding hydrogens is 310 g/mol. The normalized spacial score (nSPS) is 13.9. The number of rotatable bonds is 6. The quantitative estimate of drug-likeness (QED) is 0.813. The lowest BCUT2D eigenvalue weighted by Gasteiger charge is -2.19. The van der Waals surface area contributed by atoms with E-state index >= 15 is 0 Å². The third-order valence-corrected chi connectivity index (χ3v) is 4.74. The van der Waals surface area contributed by atoms with Crippen molar-refractivity contribution in [2.24, 2.45) is 0 Å². The van der Waals surface area contributed by atoms with E-state index in [0.29, 0.717) is 19.5 Å². The molecule has 1 fully saturated rings. The largest absolute Gasteiger partial charge is 0.343 e. The molecule has 1 aromatic rings. The molecule has 3 amide bonds. The third kappa shape index (κ3) is 5.46. The summed E-state index contributed by atoms with van der Waals surface area (Å²) in [6.45, 7) is 2.67.